The Morgan fingerprint density at radius 1 is 1.36 bits per heavy atom. The van der Waals surface area contributed by atoms with Crippen molar-refractivity contribution in [3.63, 3.8) is 0 Å². The number of halogens is 1. The van der Waals surface area contributed by atoms with E-state index in [-0.39, 0.29) is 23.3 Å². The lowest BCUT2D eigenvalue weighted by molar-refractivity contribution is -0.117. The fourth-order valence-corrected chi connectivity index (χ4v) is 3.81. The molecule has 2 N–H and O–H groups in total. The molecule has 0 bridgehead atoms. The van der Waals surface area contributed by atoms with Gasteiger partial charge in [0.05, 0.1) is 23.8 Å². The number of carbonyl (C=O) groups is 1. The van der Waals surface area contributed by atoms with Crippen molar-refractivity contribution in [2.24, 2.45) is 0 Å². The lowest BCUT2D eigenvalue weighted by Gasteiger charge is -2.17. The molecule has 1 aromatic carbocycles. The summed E-state index contributed by atoms with van der Waals surface area (Å²) in [6, 6.07) is 5.62. The van der Waals surface area contributed by atoms with Crippen molar-refractivity contribution in [1.82, 2.24) is 9.97 Å². The lowest BCUT2D eigenvalue weighted by atomic mass is 10.1. The van der Waals surface area contributed by atoms with Crippen LogP contribution in [-0.4, -0.2) is 25.8 Å². The number of aromatic nitrogens is 2. The zero-order valence-electron chi connectivity index (χ0n) is 14.1. The minimum absolute atomic E-state index is 0.0953. The molecule has 1 aliphatic heterocycles. The number of carbonyl (C=O) groups excluding carboxylic acids is 1. The van der Waals surface area contributed by atoms with Gasteiger partial charge in [0, 0.05) is 16.3 Å². The Kier molecular flexibility index (Phi) is 5.06. The van der Waals surface area contributed by atoms with Crippen LogP contribution >= 0.6 is 11.6 Å². The molecule has 1 atom stereocenters. The Labute approximate surface area is 153 Å². The number of aryl methyl sites for hydroxylation is 1. The molecule has 0 radical (unpaired) electrons. The molecule has 2 heterocycles. The van der Waals surface area contributed by atoms with E-state index in [0.717, 1.165) is 17.5 Å². The van der Waals surface area contributed by atoms with Gasteiger partial charge >= 0.3 is 0 Å². The largest absolute Gasteiger partial charge is 0.383 e. The average molecular weight is 379 g/mol. The molecule has 0 saturated heterocycles. The van der Waals surface area contributed by atoms with Crippen molar-refractivity contribution < 1.29 is 9.00 Å². The van der Waals surface area contributed by atoms with Gasteiger partial charge in [0.25, 0.3) is 0 Å². The highest BCUT2D eigenvalue weighted by Crippen LogP contribution is 2.32. The highest BCUT2D eigenvalue weighted by Gasteiger charge is 2.32. The molecule has 25 heavy (non-hydrogen) atoms. The Morgan fingerprint density at radius 2 is 2.12 bits per heavy atom. The normalized spacial score (nSPS) is 14.7. The highest BCUT2D eigenvalue weighted by atomic mass is 35.5. The lowest BCUT2D eigenvalue weighted by Crippen LogP contribution is -2.27. The summed E-state index contributed by atoms with van der Waals surface area (Å²) >= 11 is 6.06. The Balaban J connectivity index is 1.96. The number of rotatable bonds is 5. The molecule has 132 valence electrons. The molecule has 1 aliphatic rings. The summed E-state index contributed by atoms with van der Waals surface area (Å²) < 4.78 is 12.2. The summed E-state index contributed by atoms with van der Waals surface area (Å²) in [6.45, 7) is 4.21. The summed E-state index contributed by atoms with van der Waals surface area (Å²) in [5, 5.41) is 0.866. The third-order valence-electron chi connectivity index (χ3n) is 4.04. The van der Waals surface area contributed by atoms with Crippen molar-refractivity contribution in [3.05, 3.63) is 39.9 Å². The minimum Gasteiger partial charge on any atom is -0.383 e. The van der Waals surface area contributed by atoms with Crippen LogP contribution in [0.5, 0.6) is 0 Å². The molecule has 1 amide bonds. The minimum atomic E-state index is -1.32. The molecule has 1 unspecified atom stereocenters. The first-order valence-electron chi connectivity index (χ1n) is 8.00. The van der Waals surface area contributed by atoms with E-state index in [1.807, 2.05) is 32.0 Å². The third-order valence-corrected chi connectivity index (χ3v) is 5.83. The SMILES string of the molecule is CCCS(=O)c1nc(N)c2c(n1)N(Cc1ccc(Cl)c(C)c1)C(=O)C2. The van der Waals surface area contributed by atoms with Gasteiger partial charge in [-0.05, 0) is 30.5 Å². The van der Waals surface area contributed by atoms with Crippen LogP contribution in [0, 0.1) is 6.92 Å². The van der Waals surface area contributed by atoms with Gasteiger partial charge in [0.2, 0.25) is 11.1 Å². The van der Waals surface area contributed by atoms with Crippen LogP contribution in [-0.2, 0) is 28.6 Å². The second-order valence-electron chi connectivity index (χ2n) is 5.98. The van der Waals surface area contributed by atoms with Gasteiger partial charge in [-0.15, -0.1) is 0 Å². The predicted octanol–water partition coefficient (Wildman–Crippen LogP) is 2.63. The van der Waals surface area contributed by atoms with Gasteiger partial charge in [0.1, 0.15) is 11.6 Å². The number of amides is 1. The number of nitrogens with two attached hydrogens (primary N) is 1. The molecule has 6 nitrogen and oxygen atoms in total. The predicted molar refractivity (Wildman–Crippen MR) is 99.1 cm³/mol. The summed E-state index contributed by atoms with van der Waals surface area (Å²) in [4.78, 5) is 22.5. The van der Waals surface area contributed by atoms with E-state index >= 15 is 0 Å². The maximum atomic E-state index is 12.4. The second-order valence-corrected chi connectivity index (χ2v) is 7.86. The van der Waals surface area contributed by atoms with Crippen molar-refractivity contribution >= 4 is 39.9 Å². The zero-order chi connectivity index (χ0) is 18.1. The van der Waals surface area contributed by atoms with Gasteiger partial charge in [-0.1, -0.05) is 30.7 Å². The number of nitrogen functional groups attached to an aromatic ring is 1. The van der Waals surface area contributed by atoms with E-state index in [4.69, 9.17) is 17.3 Å². The van der Waals surface area contributed by atoms with Gasteiger partial charge in [0.15, 0.2) is 0 Å². The van der Waals surface area contributed by atoms with E-state index < -0.39 is 10.8 Å². The van der Waals surface area contributed by atoms with Crippen LogP contribution < -0.4 is 10.6 Å². The van der Waals surface area contributed by atoms with Crippen molar-refractivity contribution in [1.29, 1.82) is 0 Å². The monoisotopic (exact) mass is 378 g/mol. The van der Waals surface area contributed by atoms with E-state index in [1.54, 1.807) is 4.90 Å². The zero-order valence-corrected chi connectivity index (χ0v) is 15.7. The van der Waals surface area contributed by atoms with Crippen LogP contribution in [0.2, 0.25) is 5.02 Å². The fourth-order valence-electron chi connectivity index (χ4n) is 2.76. The standard InChI is InChI=1S/C17H19ClN4O2S/c1-3-6-25(24)17-20-15(19)12-8-14(23)22(16(12)21-17)9-11-4-5-13(18)10(2)7-11/h4-5,7H,3,6,8-9H2,1-2H3,(H2,19,20,21). The Hall–Kier alpha value is -1.99. The van der Waals surface area contributed by atoms with Gasteiger partial charge in [-0.3, -0.25) is 13.9 Å². The molecule has 3 rings (SSSR count). The number of nitrogens with zero attached hydrogens (tertiary/aromatic N) is 3. The molecule has 1 aromatic heterocycles. The average Bonchev–Trinajstić information content (AvgIpc) is 2.88. The summed E-state index contributed by atoms with van der Waals surface area (Å²) in [6.07, 6.45) is 0.911. The number of anilines is 2. The molecule has 0 aliphatic carbocycles. The molecule has 2 aromatic rings. The fraction of sp³-hybridized carbons (Fsp3) is 0.353. The van der Waals surface area contributed by atoms with Crippen molar-refractivity contribution in [2.45, 2.75) is 38.4 Å². The maximum Gasteiger partial charge on any atom is 0.233 e. The highest BCUT2D eigenvalue weighted by molar-refractivity contribution is 7.84. The van der Waals surface area contributed by atoms with Crippen molar-refractivity contribution in [2.75, 3.05) is 16.4 Å². The van der Waals surface area contributed by atoms with Crippen LogP contribution in [0.1, 0.15) is 30.0 Å². The molecular weight excluding hydrogens is 360 g/mol. The first-order valence-corrected chi connectivity index (χ1v) is 9.70. The first kappa shape index (κ1) is 17.8. The second kappa shape index (κ2) is 7.09. The maximum absolute atomic E-state index is 12.4. The van der Waals surface area contributed by atoms with E-state index in [1.165, 1.54) is 0 Å². The molecule has 0 spiro atoms. The smallest absolute Gasteiger partial charge is 0.233 e. The summed E-state index contributed by atoms with van der Waals surface area (Å²) in [7, 11) is -1.32. The van der Waals surface area contributed by atoms with Crippen molar-refractivity contribution in [3.8, 4) is 0 Å². The number of hydrogen-bond acceptors (Lipinski definition) is 5. The van der Waals surface area contributed by atoms with Crippen LogP contribution in [0.4, 0.5) is 11.6 Å². The number of hydrogen-bond donors (Lipinski definition) is 1. The van der Waals surface area contributed by atoms with E-state index in [0.29, 0.717) is 28.7 Å². The third kappa shape index (κ3) is 3.52. The topological polar surface area (TPSA) is 89.2 Å². The summed E-state index contributed by atoms with van der Waals surface area (Å²) in [5.41, 5.74) is 8.47. The van der Waals surface area contributed by atoms with E-state index in [2.05, 4.69) is 9.97 Å². The Bertz CT molecular complexity index is 872. The van der Waals surface area contributed by atoms with E-state index in [9.17, 15) is 9.00 Å². The van der Waals surface area contributed by atoms with Crippen LogP contribution in [0.3, 0.4) is 0 Å². The molecule has 8 heteroatoms. The quantitative estimate of drug-likeness (QED) is 0.808. The van der Waals surface area contributed by atoms with Crippen LogP contribution in [0.15, 0.2) is 23.4 Å². The van der Waals surface area contributed by atoms with Gasteiger partial charge in [-0.25, -0.2) is 9.97 Å². The first-order chi connectivity index (χ1) is 11.9. The molecule has 0 fully saturated rings. The van der Waals surface area contributed by atoms with Gasteiger partial charge in [-0.2, -0.15) is 0 Å². The molecule has 0 saturated carbocycles. The number of benzene rings is 1. The molecular formula is C17H19ClN4O2S. The number of fused-ring (bicyclic) bond motifs is 1. The van der Waals surface area contributed by atoms with Crippen LogP contribution in [0.25, 0.3) is 0 Å². The summed E-state index contributed by atoms with van der Waals surface area (Å²) in [5.74, 6) is 1.06. The van der Waals surface area contributed by atoms with Gasteiger partial charge < -0.3 is 5.73 Å². The Morgan fingerprint density at radius 3 is 2.80 bits per heavy atom.